The molecule has 2 aromatic heterocycles. The fourth-order valence-corrected chi connectivity index (χ4v) is 6.85. The van der Waals surface area contributed by atoms with Crippen molar-refractivity contribution in [1.29, 1.82) is 0 Å². The number of aromatic nitrogens is 4. The van der Waals surface area contributed by atoms with Crippen LogP contribution >= 0.6 is 0 Å². The minimum atomic E-state index is 0.607. The van der Waals surface area contributed by atoms with Gasteiger partial charge >= 0.3 is 0 Å². The van der Waals surface area contributed by atoms with E-state index in [1.54, 1.807) is 0 Å². The summed E-state index contributed by atoms with van der Waals surface area (Å²) in [6, 6.07) is 65.2. The normalized spacial score (nSPS) is 11.1. The summed E-state index contributed by atoms with van der Waals surface area (Å²) in [7, 11) is 0. The van der Waals surface area contributed by atoms with Crippen molar-refractivity contribution in [3.05, 3.63) is 194 Å². The maximum atomic E-state index is 5.08. The van der Waals surface area contributed by atoms with Gasteiger partial charge < -0.3 is 0 Å². The number of nitrogens with zero attached hydrogens (tertiary/aromatic N) is 4. The van der Waals surface area contributed by atoms with Gasteiger partial charge in [0.15, 0.2) is 17.5 Å². The Morgan fingerprint density at radius 2 is 0.750 bits per heavy atom. The molecule has 0 aliphatic carbocycles. The Hall–Kier alpha value is -7.04. The first-order valence-electron chi connectivity index (χ1n) is 17.4. The van der Waals surface area contributed by atoms with E-state index in [4.69, 9.17) is 19.9 Å². The second-order valence-electron chi connectivity index (χ2n) is 12.7. The molecule has 0 fully saturated rings. The van der Waals surface area contributed by atoms with Gasteiger partial charge in [0.25, 0.3) is 0 Å². The molecule has 0 aliphatic rings. The van der Waals surface area contributed by atoms with Gasteiger partial charge in [-0.2, -0.15) is 0 Å². The molecule has 0 saturated heterocycles. The Labute approximate surface area is 302 Å². The van der Waals surface area contributed by atoms with Crippen LogP contribution in [0.5, 0.6) is 0 Å². The molecule has 244 valence electrons. The number of hydrogen-bond donors (Lipinski definition) is 0. The van der Waals surface area contributed by atoms with Crippen molar-refractivity contribution in [2.24, 2.45) is 0 Å². The zero-order valence-corrected chi connectivity index (χ0v) is 28.3. The zero-order valence-electron chi connectivity index (χ0n) is 28.3. The molecule has 0 bridgehead atoms. The lowest BCUT2D eigenvalue weighted by atomic mass is 9.86. The van der Waals surface area contributed by atoms with E-state index in [1.165, 1.54) is 5.56 Å². The molecule has 0 unspecified atom stereocenters. The number of rotatable bonds is 7. The molecule has 52 heavy (non-hydrogen) atoms. The molecule has 9 rings (SSSR count). The lowest BCUT2D eigenvalue weighted by molar-refractivity contribution is 1.07. The topological polar surface area (TPSA) is 51.6 Å². The van der Waals surface area contributed by atoms with E-state index < -0.39 is 0 Å². The highest BCUT2D eigenvalue weighted by Crippen LogP contribution is 2.43. The van der Waals surface area contributed by atoms with Crippen LogP contribution in [0, 0.1) is 0 Å². The van der Waals surface area contributed by atoms with Gasteiger partial charge in [-0.3, -0.25) is 4.98 Å². The summed E-state index contributed by atoms with van der Waals surface area (Å²) in [5, 5.41) is 1.08. The SMILES string of the molecule is c1ccc(-c2ccc(-c3ccccc3)c(-c3ccc(-c4nc(-c5ccccc5)nc(-c5ccccc5)n4)cc3-c3cccc4cccnc34)c2)cc1. The van der Waals surface area contributed by atoms with E-state index >= 15 is 0 Å². The van der Waals surface area contributed by atoms with Gasteiger partial charge in [-0.05, 0) is 57.1 Å². The van der Waals surface area contributed by atoms with Crippen molar-refractivity contribution in [3.8, 4) is 78.7 Å². The Bertz CT molecular complexity index is 2590. The molecular formula is C48H32N4. The van der Waals surface area contributed by atoms with E-state index in [0.29, 0.717) is 17.5 Å². The van der Waals surface area contributed by atoms with Crippen LogP contribution in [0.4, 0.5) is 0 Å². The number of fused-ring (bicyclic) bond motifs is 1. The highest BCUT2D eigenvalue weighted by Gasteiger charge is 2.19. The van der Waals surface area contributed by atoms with Gasteiger partial charge in [-0.1, -0.05) is 170 Å². The van der Waals surface area contributed by atoms with Crippen LogP contribution in [0.25, 0.3) is 89.6 Å². The van der Waals surface area contributed by atoms with Gasteiger partial charge in [0.05, 0.1) is 5.52 Å². The highest BCUT2D eigenvalue weighted by molar-refractivity contribution is 6.01. The van der Waals surface area contributed by atoms with E-state index in [0.717, 1.165) is 66.5 Å². The summed E-state index contributed by atoms with van der Waals surface area (Å²) in [5.74, 6) is 1.86. The molecule has 0 saturated carbocycles. The van der Waals surface area contributed by atoms with E-state index in [1.807, 2.05) is 72.9 Å². The second kappa shape index (κ2) is 13.7. The maximum absolute atomic E-state index is 5.08. The standard InChI is InChI=1S/C48H32N4/c1-5-15-33(16-6-1)38-26-28-40(34-17-7-2-8-18-34)43(31-38)41-29-27-39(32-44(41)42-25-13-23-35-24-14-30-49-45(35)42)48-51-46(36-19-9-3-10-20-36)50-47(52-48)37-21-11-4-12-22-37/h1-32H. The van der Waals surface area contributed by atoms with Gasteiger partial charge in [-0.25, -0.2) is 15.0 Å². The fourth-order valence-electron chi connectivity index (χ4n) is 6.85. The minimum Gasteiger partial charge on any atom is -0.256 e. The lowest BCUT2D eigenvalue weighted by Crippen LogP contribution is -2.00. The first-order valence-corrected chi connectivity index (χ1v) is 17.4. The van der Waals surface area contributed by atoms with Crippen molar-refractivity contribution in [2.45, 2.75) is 0 Å². The van der Waals surface area contributed by atoms with E-state index in [9.17, 15) is 0 Å². The predicted octanol–water partition coefficient (Wildman–Crippen LogP) is 12.1. The zero-order chi connectivity index (χ0) is 34.7. The second-order valence-corrected chi connectivity index (χ2v) is 12.7. The van der Waals surface area contributed by atoms with Gasteiger partial charge in [0.2, 0.25) is 0 Å². The number of benzene rings is 7. The summed E-state index contributed by atoms with van der Waals surface area (Å²) in [4.78, 5) is 20.0. The summed E-state index contributed by atoms with van der Waals surface area (Å²) >= 11 is 0. The Morgan fingerprint density at radius 1 is 0.269 bits per heavy atom. The van der Waals surface area contributed by atoms with E-state index in [-0.39, 0.29) is 0 Å². The van der Waals surface area contributed by atoms with Crippen molar-refractivity contribution >= 4 is 10.9 Å². The average Bonchev–Trinajstić information content (AvgIpc) is 3.24. The molecule has 9 aromatic rings. The monoisotopic (exact) mass is 664 g/mol. The molecule has 0 atom stereocenters. The Kier molecular flexibility index (Phi) is 8.16. The quantitative estimate of drug-likeness (QED) is 0.170. The smallest absolute Gasteiger partial charge is 0.164 e. The molecule has 4 heteroatoms. The third kappa shape index (κ3) is 6.03. The van der Waals surface area contributed by atoms with Crippen molar-refractivity contribution in [2.75, 3.05) is 0 Å². The van der Waals surface area contributed by atoms with Crippen molar-refractivity contribution < 1.29 is 0 Å². The van der Waals surface area contributed by atoms with Crippen LogP contribution in [-0.4, -0.2) is 19.9 Å². The molecule has 0 radical (unpaired) electrons. The highest BCUT2D eigenvalue weighted by atomic mass is 15.0. The number of pyridine rings is 1. The molecule has 0 amide bonds. The molecule has 2 heterocycles. The van der Waals surface area contributed by atoms with Crippen LogP contribution < -0.4 is 0 Å². The summed E-state index contributed by atoms with van der Waals surface area (Å²) in [6.07, 6.45) is 1.87. The molecule has 0 spiro atoms. The fraction of sp³-hybridized carbons (Fsp3) is 0. The van der Waals surface area contributed by atoms with Crippen LogP contribution in [0.3, 0.4) is 0 Å². The summed E-state index contributed by atoms with van der Waals surface area (Å²) in [5.41, 5.74) is 12.6. The van der Waals surface area contributed by atoms with E-state index in [2.05, 4.69) is 121 Å². The van der Waals surface area contributed by atoms with Gasteiger partial charge in [0, 0.05) is 33.8 Å². The van der Waals surface area contributed by atoms with Crippen molar-refractivity contribution in [3.63, 3.8) is 0 Å². The Balaban J connectivity index is 1.32. The molecule has 0 aliphatic heterocycles. The van der Waals surface area contributed by atoms with Crippen LogP contribution in [0.2, 0.25) is 0 Å². The molecular weight excluding hydrogens is 633 g/mol. The van der Waals surface area contributed by atoms with Crippen LogP contribution in [0.15, 0.2) is 194 Å². The van der Waals surface area contributed by atoms with Gasteiger partial charge in [0.1, 0.15) is 0 Å². The molecule has 4 nitrogen and oxygen atoms in total. The maximum Gasteiger partial charge on any atom is 0.164 e. The summed E-state index contributed by atoms with van der Waals surface area (Å²) < 4.78 is 0. The van der Waals surface area contributed by atoms with Crippen LogP contribution in [0.1, 0.15) is 0 Å². The molecule has 0 N–H and O–H groups in total. The van der Waals surface area contributed by atoms with Crippen LogP contribution in [-0.2, 0) is 0 Å². The largest absolute Gasteiger partial charge is 0.256 e. The number of para-hydroxylation sites is 1. The molecule has 7 aromatic carbocycles. The predicted molar refractivity (Wildman–Crippen MR) is 213 cm³/mol. The van der Waals surface area contributed by atoms with Crippen molar-refractivity contribution in [1.82, 2.24) is 19.9 Å². The first kappa shape index (κ1) is 31.0. The number of hydrogen-bond acceptors (Lipinski definition) is 4. The minimum absolute atomic E-state index is 0.607. The summed E-state index contributed by atoms with van der Waals surface area (Å²) in [6.45, 7) is 0. The third-order valence-corrected chi connectivity index (χ3v) is 9.40. The van der Waals surface area contributed by atoms with Gasteiger partial charge in [-0.15, -0.1) is 0 Å². The Morgan fingerprint density at radius 3 is 1.38 bits per heavy atom. The first-order chi connectivity index (χ1) is 25.8. The third-order valence-electron chi connectivity index (χ3n) is 9.40. The lowest BCUT2D eigenvalue weighted by Gasteiger charge is -2.18. The average molecular weight is 665 g/mol.